The molecule has 4 rings (SSSR count). The van der Waals surface area contributed by atoms with E-state index in [1.807, 2.05) is 12.3 Å². The SMILES string of the molecule is CNC(=O)[C@@]1(Cc2ccc(-c3cccnc3)cc2)CCN(C[C@H](C)c2ccccc2)C1. The Kier molecular flexibility index (Phi) is 6.47. The van der Waals surface area contributed by atoms with Crippen LogP contribution in [0.1, 0.15) is 30.4 Å². The van der Waals surface area contributed by atoms with E-state index >= 15 is 0 Å². The summed E-state index contributed by atoms with van der Waals surface area (Å²) in [5.74, 6) is 0.596. The van der Waals surface area contributed by atoms with Crippen LogP contribution in [0.25, 0.3) is 11.1 Å². The Bertz CT molecular complexity index is 988. The number of carbonyl (C=O) groups is 1. The monoisotopic (exact) mass is 413 g/mol. The molecule has 3 aromatic rings. The van der Waals surface area contributed by atoms with Gasteiger partial charge in [0.1, 0.15) is 0 Å². The molecule has 2 aromatic carbocycles. The molecule has 4 heteroatoms. The summed E-state index contributed by atoms with van der Waals surface area (Å²) >= 11 is 0. The summed E-state index contributed by atoms with van der Waals surface area (Å²) in [6, 6.07) is 23.2. The smallest absolute Gasteiger partial charge is 0.227 e. The van der Waals surface area contributed by atoms with E-state index in [0.29, 0.717) is 5.92 Å². The van der Waals surface area contributed by atoms with Gasteiger partial charge in [-0.15, -0.1) is 0 Å². The molecule has 0 aliphatic carbocycles. The van der Waals surface area contributed by atoms with E-state index in [2.05, 4.69) is 82.8 Å². The zero-order valence-corrected chi connectivity index (χ0v) is 18.4. The standard InChI is InChI=1S/C27H31N3O/c1-21(23-7-4-3-5-8-23)19-30-16-14-27(20-30,26(31)28-2)17-22-10-12-24(13-11-22)25-9-6-15-29-18-25/h3-13,15,18,21H,14,16-17,19-20H2,1-2H3,(H,28,31)/t21-,27+/m0/s1. The first kappa shape index (κ1) is 21.3. The summed E-state index contributed by atoms with van der Waals surface area (Å²) in [6.07, 6.45) is 5.31. The van der Waals surface area contributed by atoms with Crippen molar-refractivity contribution in [1.82, 2.24) is 15.2 Å². The quantitative estimate of drug-likeness (QED) is 0.619. The van der Waals surface area contributed by atoms with E-state index in [-0.39, 0.29) is 11.3 Å². The molecule has 0 bridgehead atoms. The molecule has 1 fully saturated rings. The van der Waals surface area contributed by atoms with Gasteiger partial charge in [0.05, 0.1) is 5.41 Å². The van der Waals surface area contributed by atoms with Crippen molar-refractivity contribution in [2.45, 2.75) is 25.7 Å². The average molecular weight is 414 g/mol. The molecule has 31 heavy (non-hydrogen) atoms. The summed E-state index contributed by atoms with van der Waals surface area (Å²) in [7, 11) is 1.75. The predicted molar refractivity (Wildman–Crippen MR) is 126 cm³/mol. The van der Waals surface area contributed by atoms with Gasteiger partial charge in [-0.25, -0.2) is 0 Å². The first-order valence-electron chi connectivity index (χ1n) is 11.1. The summed E-state index contributed by atoms with van der Waals surface area (Å²) < 4.78 is 0. The summed E-state index contributed by atoms with van der Waals surface area (Å²) in [6.45, 7) is 5.00. The normalized spacial score (nSPS) is 19.8. The van der Waals surface area contributed by atoms with Gasteiger partial charge in [0.2, 0.25) is 5.91 Å². The number of likely N-dealkylation sites (tertiary alicyclic amines) is 1. The molecule has 1 aliphatic heterocycles. The van der Waals surface area contributed by atoms with E-state index in [1.165, 1.54) is 11.1 Å². The maximum atomic E-state index is 13.0. The fraction of sp³-hybridized carbons (Fsp3) is 0.333. The van der Waals surface area contributed by atoms with E-state index < -0.39 is 0 Å². The topological polar surface area (TPSA) is 45.2 Å². The van der Waals surface area contributed by atoms with Crippen LogP contribution in [0.5, 0.6) is 0 Å². The Balaban J connectivity index is 1.47. The molecule has 0 spiro atoms. The maximum Gasteiger partial charge on any atom is 0.227 e. The van der Waals surface area contributed by atoms with Gasteiger partial charge in [-0.2, -0.15) is 0 Å². The minimum absolute atomic E-state index is 0.152. The van der Waals surface area contributed by atoms with Gasteiger partial charge >= 0.3 is 0 Å². The molecule has 1 N–H and O–H groups in total. The van der Waals surface area contributed by atoms with Crippen molar-refractivity contribution in [2.75, 3.05) is 26.7 Å². The molecule has 0 unspecified atom stereocenters. The van der Waals surface area contributed by atoms with Crippen LogP contribution in [0, 0.1) is 5.41 Å². The average Bonchev–Trinajstić information content (AvgIpc) is 3.23. The van der Waals surface area contributed by atoms with Gasteiger partial charge in [0, 0.05) is 32.5 Å². The molecular weight excluding hydrogens is 382 g/mol. The second-order valence-corrected chi connectivity index (χ2v) is 8.77. The Labute approximate surface area is 185 Å². The zero-order chi connectivity index (χ0) is 21.7. The summed E-state index contributed by atoms with van der Waals surface area (Å²) in [5, 5.41) is 2.94. The Morgan fingerprint density at radius 3 is 2.52 bits per heavy atom. The van der Waals surface area contributed by atoms with E-state index in [1.54, 1.807) is 13.2 Å². The van der Waals surface area contributed by atoms with Gasteiger partial charge in [-0.05, 0) is 53.6 Å². The van der Waals surface area contributed by atoms with Crippen molar-refractivity contribution < 1.29 is 4.79 Å². The lowest BCUT2D eigenvalue weighted by atomic mass is 9.79. The maximum absolute atomic E-state index is 13.0. The zero-order valence-electron chi connectivity index (χ0n) is 18.4. The largest absolute Gasteiger partial charge is 0.359 e. The fourth-order valence-electron chi connectivity index (χ4n) is 4.80. The molecule has 1 amide bonds. The van der Waals surface area contributed by atoms with Crippen LogP contribution in [0.3, 0.4) is 0 Å². The Morgan fingerprint density at radius 1 is 1.06 bits per heavy atom. The van der Waals surface area contributed by atoms with Gasteiger partial charge < -0.3 is 10.2 Å². The lowest BCUT2D eigenvalue weighted by Gasteiger charge is -2.29. The van der Waals surface area contributed by atoms with Gasteiger partial charge in [-0.3, -0.25) is 9.78 Å². The first-order chi connectivity index (χ1) is 15.1. The third kappa shape index (κ3) is 4.86. The number of hydrogen-bond acceptors (Lipinski definition) is 3. The number of pyridine rings is 1. The molecule has 1 aromatic heterocycles. The third-order valence-electron chi connectivity index (χ3n) is 6.53. The van der Waals surface area contributed by atoms with Crippen molar-refractivity contribution >= 4 is 5.91 Å². The molecule has 1 saturated heterocycles. The number of nitrogens with zero attached hydrogens (tertiary/aromatic N) is 2. The number of amides is 1. The molecule has 0 radical (unpaired) electrons. The molecule has 2 atom stereocenters. The number of carbonyl (C=O) groups excluding carboxylic acids is 1. The van der Waals surface area contributed by atoms with E-state index in [4.69, 9.17) is 0 Å². The number of aromatic nitrogens is 1. The molecule has 2 heterocycles. The summed E-state index contributed by atoms with van der Waals surface area (Å²) in [5.41, 5.74) is 4.44. The Hall–Kier alpha value is -2.98. The molecule has 1 aliphatic rings. The van der Waals surface area contributed by atoms with Crippen LogP contribution in [0.4, 0.5) is 0 Å². The highest BCUT2D eigenvalue weighted by molar-refractivity contribution is 5.83. The number of rotatable bonds is 7. The number of nitrogens with one attached hydrogen (secondary N) is 1. The van der Waals surface area contributed by atoms with Crippen LogP contribution in [-0.2, 0) is 11.2 Å². The lowest BCUT2D eigenvalue weighted by molar-refractivity contribution is -0.130. The molecule has 0 saturated carbocycles. The highest BCUT2D eigenvalue weighted by Gasteiger charge is 2.44. The van der Waals surface area contributed by atoms with Gasteiger partial charge in [0.25, 0.3) is 0 Å². The predicted octanol–water partition coefficient (Wildman–Crippen LogP) is 4.53. The van der Waals surface area contributed by atoms with E-state index in [0.717, 1.165) is 43.6 Å². The minimum atomic E-state index is -0.374. The van der Waals surface area contributed by atoms with Crippen LogP contribution < -0.4 is 5.32 Å². The second-order valence-electron chi connectivity index (χ2n) is 8.77. The van der Waals surface area contributed by atoms with Crippen LogP contribution in [0.2, 0.25) is 0 Å². The molecular formula is C27H31N3O. The van der Waals surface area contributed by atoms with Crippen LogP contribution in [-0.4, -0.2) is 42.5 Å². The van der Waals surface area contributed by atoms with E-state index in [9.17, 15) is 4.79 Å². The van der Waals surface area contributed by atoms with Gasteiger partial charge in [0.15, 0.2) is 0 Å². The van der Waals surface area contributed by atoms with Crippen molar-refractivity contribution in [3.05, 3.63) is 90.3 Å². The van der Waals surface area contributed by atoms with Crippen LogP contribution in [0.15, 0.2) is 79.1 Å². The van der Waals surface area contributed by atoms with Crippen molar-refractivity contribution in [2.24, 2.45) is 5.41 Å². The molecule has 160 valence electrons. The minimum Gasteiger partial charge on any atom is -0.359 e. The van der Waals surface area contributed by atoms with Gasteiger partial charge in [-0.1, -0.05) is 67.6 Å². The third-order valence-corrected chi connectivity index (χ3v) is 6.53. The Morgan fingerprint density at radius 2 is 1.84 bits per heavy atom. The highest BCUT2D eigenvalue weighted by Crippen LogP contribution is 2.36. The number of hydrogen-bond donors (Lipinski definition) is 1. The second kappa shape index (κ2) is 9.44. The molecule has 4 nitrogen and oxygen atoms in total. The van der Waals surface area contributed by atoms with Crippen molar-refractivity contribution in [3.8, 4) is 11.1 Å². The van der Waals surface area contributed by atoms with Crippen LogP contribution >= 0.6 is 0 Å². The number of benzene rings is 2. The fourth-order valence-corrected chi connectivity index (χ4v) is 4.80. The highest BCUT2D eigenvalue weighted by atomic mass is 16.2. The summed E-state index contributed by atoms with van der Waals surface area (Å²) in [4.78, 5) is 19.6. The van der Waals surface area contributed by atoms with Crippen molar-refractivity contribution in [1.29, 1.82) is 0 Å². The van der Waals surface area contributed by atoms with Crippen molar-refractivity contribution in [3.63, 3.8) is 0 Å². The lowest BCUT2D eigenvalue weighted by Crippen LogP contribution is -2.43. The first-order valence-corrected chi connectivity index (χ1v) is 11.1.